The van der Waals surface area contributed by atoms with E-state index in [2.05, 4.69) is 5.32 Å². The zero-order valence-corrected chi connectivity index (χ0v) is 13.3. The molecular formula is C17H26N2O2. The van der Waals surface area contributed by atoms with Crippen LogP contribution in [-0.4, -0.2) is 43.6 Å². The van der Waals surface area contributed by atoms with Crippen molar-refractivity contribution in [1.29, 1.82) is 0 Å². The summed E-state index contributed by atoms with van der Waals surface area (Å²) in [4.78, 5) is 14.4. The lowest BCUT2D eigenvalue weighted by Crippen LogP contribution is -2.47. The van der Waals surface area contributed by atoms with Gasteiger partial charge in [0.05, 0.1) is 0 Å². The molecule has 0 bridgehead atoms. The van der Waals surface area contributed by atoms with E-state index in [1.165, 1.54) is 12.0 Å². The predicted molar refractivity (Wildman–Crippen MR) is 84.5 cm³/mol. The fraction of sp³-hybridized carbons (Fsp3) is 0.588. The minimum atomic E-state index is -0.430. The van der Waals surface area contributed by atoms with Gasteiger partial charge in [0, 0.05) is 13.1 Å². The molecule has 116 valence electrons. The largest absolute Gasteiger partial charge is 0.481 e. The maximum absolute atomic E-state index is 12.5. The third kappa shape index (κ3) is 4.46. The van der Waals surface area contributed by atoms with Crippen molar-refractivity contribution in [3.63, 3.8) is 0 Å². The van der Waals surface area contributed by atoms with Crippen molar-refractivity contribution in [3.8, 4) is 5.75 Å². The van der Waals surface area contributed by atoms with Gasteiger partial charge in [0.25, 0.3) is 5.91 Å². The molecule has 1 saturated heterocycles. The molecule has 1 heterocycles. The molecule has 4 nitrogen and oxygen atoms in total. The van der Waals surface area contributed by atoms with Gasteiger partial charge in [-0.3, -0.25) is 4.79 Å². The molecule has 2 atom stereocenters. The van der Waals surface area contributed by atoms with E-state index in [0.29, 0.717) is 5.92 Å². The molecule has 0 spiro atoms. The number of hydrogen-bond acceptors (Lipinski definition) is 3. The molecule has 1 aromatic carbocycles. The predicted octanol–water partition coefficient (Wildman–Crippen LogP) is 2.22. The average molecular weight is 290 g/mol. The Bertz CT molecular complexity index is 456. The Morgan fingerprint density at radius 2 is 2.14 bits per heavy atom. The summed E-state index contributed by atoms with van der Waals surface area (Å²) < 4.78 is 5.77. The Balaban J connectivity index is 1.90. The summed E-state index contributed by atoms with van der Waals surface area (Å²) in [6.45, 7) is 6.52. The molecule has 21 heavy (non-hydrogen) atoms. The minimum absolute atomic E-state index is 0.0939. The monoisotopic (exact) mass is 290 g/mol. The second-order valence-electron chi connectivity index (χ2n) is 5.92. The van der Waals surface area contributed by atoms with Crippen molar-refractivity contribution in [1.82, 2.24) is 10.2 Å². The molecule has 0 aromatic heterocycles. The third-order valence-electron chi connectivity index (χ3n) is 4.01. The first-order valence-electron chi connectivity index (χ1n) is 7.77. The van der Waals surface area contributed by atoms with Crippen LogP contribution in [-0.2, 0) is 4.79 Å². The second-order valence-corrected chi connectivity index (χ2v) is 5.92. The minimum Gasteiger partial charge on any atom is -0.481 e. The zero-order chi connectivity index (χ0) is 15.2. The van der Waals surface area contributed by atoms with E-state index in [-0.39, 0.29) is 5.91 Å². The molecule has 1 N–H and O–H groups in total. The number of hydrogen-bond donors (Lipinski definition) is 1. The van der Waals surface area contributed by atoms with E-state index in [9.17, 15) is 4.79 Å². The fourth-order valence-electron chi connectivity index (χ4n) is 2.85. The number of likely N-dealkylation sites (tertiary alicyclic amines) is 1. The van der Waals surface area contributed by atoms with E-state index < -0.39 is 6.10 Å². The van der Waals surface area contributed by atoms with Crippen LogP contribution in [0.4, 0.5) is 0 Å². The van der Waals surface area contributed by atoms with Crippen molar-refractivity contribution in [2.24, 2.45) is 5.92 Å². The highest BCUT2D eigenvalue weighted by Crippen LogP contribution is 2.19. The van der Waals surface area contributed by atoms with Gasteiger partial charge in [-0.1, -0.05) is 17.7 Å². The number of carbonyl (C=O) groups is 1. The normalized spacial score (nSPS) is 20.1. The number of nitrogens with one attached hydrogen (secondary N) is 1. The van der Waals surface area contributed by atoms with E-state index >= 15 is 0 Å². The summed E-state index contributed by atoms with van der Waals surface area (Å²) >= 11 is 0. The summed E-state index contributed by atoms with van der Waals surface area (Å²) in [6, 6.07) is 7.82. The van der Waals surface area contributed by atoms with Crippen LogP contribution < -0.4 is 10.1 Å². The summed E-state index contributed by atoms with van der Waals surface area (Å²) in [5, 5.41) is 3.20. The number of benzene rings is 1. The molecule has 4 heteroatoms. The Morgan fingerprint density at radius 1 is 1.43 bits per heavy atom. The first-order valence-corrected chi connectivity index (χ1v) is 7.77. The van der Waals surface area contributed by atoms with Gasteiger partial charge in [0.1, 0.15) is 5.75 Å². The lowest BCUT2D eigenvalue weighted by atomic mass is 9.97. The first kappa shape index (κ1) is 15.8. The summed E-state index contributed by atoms with van der Waals surface area (Å²) in [5.41, 5.74) is 1.19. The fourth-order valence-corrected chi connectivity index (χ4v) is 2.85. The quantitative estimate of drug-likeness (QED) is 0.904. The second kappa shape index (κ2) is 7.46. The van der Waals surface area contributed by atoms with E-state index in [4.69, 9.17) is 4.74 Å². The maximum atomic E-state index is 12.5. The van der Waals surface area contributed by atoms with Gasteiger partial charge in [-0.2, -0.15) is 0 Å². The van der Waals surface area contributed by atoms with E-state index in [0.717, 1.165) is 31.8 Å². The zero-order valence-electron chi connectivity index (χ0n) is 13.3. The molecule has 1 fully saturated rings. The highest BCUT2D eigenvalue weighted by molar-refractivity contribution is 5.81. The Labute approximate surface area is 127 Å². The van der Waals surface area contributed by atoms with Gasteiger partial charge in [-0.25, -0.2) is 0 Å². The molecular weight excluding hydrogens is 264 g/mol. The first-order chi connectivity index (χ1) is 10.1. The number of piperidine rings is 1. The van der Waals surface area contributed by atoms with Crippen LogP contribution in [0.25, 0.3) is 0 Å². The van der Waals surface area contributed by atoms with Crippen molar-refractivity contribution in [2.75, 3.05) is 26.7 Å². The topological polar surface area (TPSA) is 41.6 Å². The summed E-state index contributed by atoms with van der Waals surface area (Å²) in [5.74, 6) is 1.40. The average Bonchev–Trinajstić information content (AvgIpc) is 2.49. The molecule has 1 aromatic rings. The van der Waals surface area contributed by atoms with Crippen molar-refractivity contribution in [2.45, 2.75) is 32.8 Å². The van der Waals surface area contributed by atoms with Crippen LogP contribution in [0.3, 0.4) is 0 Å². The van der Waals surface area contributed by atoms with Crippen molar-refractivity contribution < 1.29 is 9.53 Å². The van der Waals surface area contributed by atoms with Gasteiger partial charge < -0.3 is 15.0 Å². The van der Waals surface area contributed by atoms with Crippen molar-refractivity contribution >= 4 is 5.91 Å². The molecule has 1 aliphatic heterocycles. The number of rotatable bonds is 5. The lowest BCUT2D eigenvalue weighted by molar-refractivity contribution is -0.139. The van der Waals surface area contributed by atoms with Gasteiger partial charge in [0.15, 0.2) is 6.10 Å². The molecule has 2 rings (SSSR count). The summed E-state index contributed by atoms with van der Waals surface area (Å²) in [7, 11) is 1.96. The van der Waals surface area contributed by atoms with Gasteiger partial charge in [-0.15, -0.1) is 0 Å². The Kier molecular flexibility index (Phi) is 5.62. The maximum Gasteiger partial charge on any atom is 0.263 e. The molecule has 1 aliphatic rings. The van der Waals surface area contributed by atoms with Gasteiger partial charge in [-0.05, 0) is 58.3 Å². The molecule has 2 unspecified atom stereocenters. The Morgan fingerprint density at radius 3 is 2.81 bits per heavy atom. The van der Waals surface area contributed by atoms with Crippen LogP contribution in [0.2, 0.25) is 0 Å². The molecule has 0 saturated carbocycles. The number of nitrogens with zero attached hydrogens (tertiary/aromatic N) is 1. The highest BCUT2D eigenvalue weighted by atomic mass is 16.5. The third-order valence-corrected chi connectivity index (χ3v) is 4.01. The number of ether oxygens (including phenoxy) is 1. The number of carbonyl (C=O) groups excluding carboxylic acids is 1. The molecule has 0 radical (unpaired) electrons. The number of amides is 1. The van der Waals surface area contributed by atoms with Crippen LogP contribution in [0.1, 0.15) is 25.3 Å². The summed E-state index contributed by atoms with van der Waals surface area (Å²) in [6.07, 6.45) is 1.84. The van der Waals surface area contributed by atoms with Crippen LogP contribution in [0.5, 0.6) is 5.75 Å². The highest BCUT2D eigenvalue weighted by Gasteiger charge is 2.27. The Hall–Kier alpha value is -1.55. The standard InChI is InChI=1S/C17H26N2O2/c1-13-6-8-16(9-7-13)21-14(2)17(20)19-10-4-5-15(12-19)11-18-3/h6-9,14-15,18H,4-5,10-12H2,1-3H3. The SMILES string of the molecule is CNCC1CCCN(C(=O)C(C)Oc2ccc(C)cc2)C1. The van der Waals surface area contributed by atoms with Gasteiger partial charge in [0.2, 0.25) is 0 Å². The molecule has 0 aliphatic carbocycles. The number of aryl methyl sites for hydroxylation is 1. The van der Waals surface area contributed by atoms with Crippen LogP contribution in [0.15, 0.2) is 24.3 Å². The molecule has 1 amide bonds. The van der Waals surface area contributed by atoms with E-state index in [1.54, 1.807) is 0 Å². The van der Waals surface area contributed by atoms with Gasteiger partial charge >= 0.3 is 0 Å². The van der Waals surface area contributed by atoms with Crippen LogP contribution in [0, 0.1) is 12.8 Å². The van der Waals surface area contributed by atoms with Crippen molar-refractivity contribution in [3.05, 3.63) is 29.8 Å². The van der Waals surface area contributed by atoms with E-state index in [1.807, 2.05) is 50.1 Å². The lowest BCUT2D eigenvalue weighted by Gasteiger charge is -2.34. The van der Waals surface area contributed by atoms with Crippen LogP contribution >= 0.6 is 0 Å². The smallest absolute Gasteiger partial charge is 0.263 e.